The van der Waals surface area contributed by atoms with Crippen LogP contribution >= 0.6 is 0 Å². The van der Waals surface area contributed by atoms with E-state index < -0.39 is 12.1 Å². The Labute approximate surface area is 194 Å². The molecule has 3 aromatic heterocycles. The van der Waals surface area contributed by atoms with Crippen molar-refractivity contribution >= 4 is 23.4 Å². The van der Waals surface area contributed by atoms with E-state index in [0.29, 0.717) is 28.9 Å². The van der Waals surface area contributed by atoms with Crippen LogP contribution in [-0.4, -0.2) is 51.9 Å². The van der Waals surface area contributed by atoms with Crippen LogP contribution in [0.25, 0.3) is 16.8 Å². The number of aliphatic imine (C=N–C) groups is 1. The van der Waals surface area contributed by atoms with E-state index in [4.69, 9.17) is 25.9 Å². The van der Waals surface area contributed by atoms with E-state index in [1.165, 1.54) is 4.90 Å². The summed E-state index contributed by atoms with van der Waals surface area (Å²) < 4.78 is 12.2. The van der Waals surface area contributed by atoms with Crippen molar-refractivity contribution in [1.82, 2.24) is 19.6 Å². The van der Waals surface area contributed by atoms with E-state index in [1.807, 2.05) is 36.4 Å². The molecule has 0 spiro atoms. The Morgan fingerprint density at radius 1 is 1.21 bits per heavy atom. The zero-order valence-corrected chi connectivity index (χ0v) is 18.3. The summed E-state index contributed by atoms with van der Waals surface area (Å²) in [5, 5.41) is 4.39. The Morgan fingerprint density at radius 2 is 2.03 bits per heavy atom. The van der Waals surface area contributed by atoms with Crippen LogP contribution in [-0.2, 0) is 4.74 Å². The first-order valence-corrected chi connectivity index (χ1v) is 10.5. The number of hydrogen-bond acceptors (Lipinski definition) is 8. The lowest BCUT2D eigenvalue weighted by Gasteiger charge is -2.20. The maximum atomic E-state index is 12.6. The lowest BCUT2D eigenvalue weighted by Crippen LogP contribution is -2.28. The van der Waals surface area contributed by atoms with Crippen LogP contribution in [0.1, 0.15) is 17.3 Å². The van der Waals surface area contributed by atoms with Gasteiger partial charge in [0.2, 0.25) is 5.88 Å². The molecule has 0 unspecified atom stereocenters. The molecule has 1 aromatic carbocycles. The number of pyridine rings is 1. The minimum Gasteiger partial charge on any atom is -0.481 e. The number of carbonyl (C=O) groups is 1. The predicted octanol–water partition coefficient (Wildman–Crippen LogP) is 2.12. The molecule has 4 heterocycles. The molecule has 1 aliphatic heterocycles. The smallest absolute Gasteiger partial charge is 0.416 e. The number of anilines is 1. The van der Waals surface area contributed by atoms with Crippen molar-refractivity contribution in [2.75, 3.05) is 25.3 Å². The number of rotatable bonds is 6. The van der Waals surface area contributed by atoms with E-state index in [1.54, 1.807) is 36.2 Å². The second-order valence-electron chi connectivity index (χ2n) is 7.48. The number of amidine groups is 1. The molecule has 4 N–H and O–H groups in total. The number of aromatic nitrogens is 4. The second kappa shape index (κ2) is 8.79. The third kappa shape index (κ3) is 3.77. The average Bonchev–Trinajstić information content (AvgIpc) is 3.47. The molecular formula is C23H22N8O3. The minimum absolute atomic E-state index is 0.125. The lowest BCUT2D eigenvalue weighted by molar-refractivity contribution is 0.178. The van der Waals surface area contributed by atoms with Crippen LogP contribution < -0.4 is 21.1 Å². The van der Waals surface area contributed by atoms with Gasteiger partial charge in [0.25, 0.3) is 0 Å². The van der Waals surface area contributed by atoms with Crippen LogP contribution in [0.2, 0.25) is 0 Å². The number of amides is 1. The first-order valence-electron chi connectivity index (χ1n) is 10.5. The van der Waals surface area contributed by atoms with Gasteiger partial charge >= 0.3 is 6.09 Å². The molecule has 11 heteroatoms. The maximum Gasteiger partial charge on any atom is 0.416 e. The Kier molecular flexibility index (Phi) is 5.52. The van der Waals surface area contributed by atoms with Gasteiger partial charge in [-0.05, 0) is 17.7 Å². The highest BCUT2D eigenvalue weighted by Crippen LogP contribution is 2.33. The van der Waals surface area contributed by atoms with E-state index in [-0.39, 0.29) is 13.3 Å². The topological polar surface area (TPSA) is 146 Å². The Balaban J connectivity index is 1.52. The van der Waals surface area contributed by atoms with Crippen molar-refractivity contribution in [3.63, 3.8) is 0 Å². The van der Waals surface area contributed by atoms with Gasteiger partial charge in [0.1, 0.15) is 24.3 Å². The molecule has 0 radical (unpaired) electrons. The number of nitrogens with two attached hydrogens (primary N) is 2. The monoisotopic (exact) mass is 458 g/mol. The van der Waals surface area contributed by atoms with Gasteiger partial charge < -0.3 is 20.9 Å². The van der Waals surface area contributed by atoms with E-state index >= 15 is 0 Å². The van der Waals surface area contributed by atoms with Crippen LogP contribution in [0.4, 0.5) is 10.6 Å². The predicted molar refractivity (Wildman–Crippen MR) is 126 cm³/mol. The number of benzene rings is 1. The fourth-order valence-electron chi connectivity index (χ4n) is 3.83. The van der Waals surface area contributed by atoms with Gasteiger partial charge in [0, 0.05) is 23.4 Å². The molecule has 1 saturated heterocycles. The molecule has 0 bridgehead atoms. The largest absolute Gasteiger partial charge is 0.481 e. The number of carbonyl (C=O) groups excluding carboxylic acids is 1. The molecule has 0 saturated carbocycles. The summed E-state index contributed by atoms with van der Waals surface area (Å²) in [4.78, 5) is 27.4. The first-order chi connectivity index (χ1) is 16.6. The van der Waals surface area contributed by atoms with E-state index in [2.05, 4.69) is 15.1 Å². The van der Waals surface area contributed by atoms with Crippen LogP contribution in [0.3, 0.4) is 0 Å². The summed E-state index contributed by atoms with van der Waals surface area (Å²) in [5.41, 5.74) is 15.1. The van der Waals surface area contributed by atoms with E-state index in [9.17, 15) is 4.79 Å². The fraction of sp³-hybridized carbons (Fsp3) is 0.174. The minimum atomic E-state index is -0.494. The summed E-state index contributed by atoms with van der Waals surface area (Å²) in [6.07, 6.45) is 2.98. The first kappa shape index (κ1) is 21.3. The number of cyclic esters (lactones) is 1. The Hall–Kier alpha value is -4.51. The molecule has 1 aliphatic rings. The quantitative estimate of drug-likeness (QED) is 0.330. The number of methoxy groups -OCH3 is 1. The van der Waals surface area contributed by atoms with Crippen molar-refractivity contribution in [2.24, 2.45) is 16.5 Å². The molecule has 0 aliphatic carbocycles. The zero-order valence-electron chi connectivity index (χ0n) is 18.3. The molecule has 172 valence electrons. The highest BCUT2D eigenvalue weighted by molar-refractivity contribution is 5.98. The number of fused-ring (bicyclic) bond motifs is 1. The molecule has 5 rings (SSSR count). The van der Waals surface area contributed by atoms with Gasteiger partial charge in [0.15, 0.2) is 5.65 Å². The molecule has 1 atom stereocenters. The summed E-state index contributed by atoms with van der Waals surface area (Å²) in [6.45, 7) is 0.282. The van der Waals surface area contributed by atoms with E-state index in [0.717, 1.165) is 16.7 Å². The second-order valence-corrected chi connectivity index (χ2v) is 7.48. The fourth-order valence-corrected chi connectivity index (χ4v) is 3.83. The summed E-state index contributed by atoms with van der Waals surface area (Å²) in [7, 11) is 1.54. The molecule has 11 nitrogen and oxygen atoms in total. The third-order valence-electron chi connectivity index (χ3n) is 5.52. The van der Waals surface area contributed by atoms with Gasteiger partial charge in [-0.25, -0.2) is 24.2 Å². The highest BCUT2D eigenvalue weighted by atomic mass is 16.6. The Morgan fingerprint density at radius 3 is 2.79 bits per heavy atom. The van der Waals surface area contributed by atoms with Crippen LogP contribution in [0, 0.1) is 0 Å². The molecule has 1 fully saturated rings. The number of ether oxygens (including phenoxy) is 2. The van der Waals surface area contributed by atoms with Crippen LogP contribution in [0.5, 0.6) is 5.88 Å². The Bertz CT molecular complexity index is 1380. The number of nitrogens with zero attached hydrogens (tertiary/aromatic N) is 6. The van der Waals surface area contributed by atoms with Gasteiger partial charge in [-0.3, -0.25) is 4.99 Å². The van der Waals surface area contributed by atoms with Crippen molar-refractivity contribution in [3.8, 4) is 17.0 Å². The summed E-state index contributed by atoms with van der Waals surface area (Å²) in [6, 6.07) is 14.2. The van der Waals surface area contributed by atoms with Crippen molar-refractivity contribution < 1.29 is 14.3 Å². The average molecular weight is 458 g/mol. The number of hydrogen-bond donors (Lipinski definition) is 2. The van der Waals surface area contributed by atoms with Gasteiger partial charge in [0.05, 0.1) is 25.7 Å². The molecular weight excluding hydrogens is 436 g/mol. The summed E-state index contributed by atoms with van der Waals surface area (Å²) >= 11 is 0. The molecule has 34 heavy (non-hydrogen) atoms. The standard InChI is InChI=1S/C23H22N8O3/c1-33-20-4-2-3-17(28-20)18-12-34-23(32)31(18)19-9-10-30-22(29-19)16(11-27-30)14-5-7-15(8-6-14)21(25)26-13-24/h2-11,18H,12-13,24H2,1H3,(H2,25,26)/t18-/m1/s1. The molecule has 1 amide bonds. The van der Waals surface area contributed by atoms with Crippen molar-refractivity contribution in [2.45, 2.75) is 6.04 Å². The van der Waals surface area contributed by atoms with Crippen molar-refractivity contribution in [1.29, 1.82) is 0 Å². The van der Waals surface area contributed by atoms with Crippen molar-refractivity contribution in [3.05, 3.63) is 72.2 Å². The van der Waals surface area contributed by atoms with Gasteiger partial charge in [-0.1, -0.05) is 30.3 Å². The maximum absolute atomic E-state index is 12.6. The SMILES string of the molecule is COc1cccc([C@H]2COC(=O)N2c2ccn3ncc(-c4ccc(/C(N)=N/CN)cc4)c3n2)n1. The summed E-state index contributed by atoms with van der Waals surface area (Å²) in [5.74, 6) is 1.26. The normalized spacial score (nSPS) is 16.2. The van der Waals surface area contributed by atoms with Crippen LogP contribution in [0.15, 0.2) is 65.9 Å². The lowest BCUT2D eigenvalue weighted by atomic mass is 10.1. The van der Waals surface area contributed by atoms with Gasteiger partial charge in [-0.15, -0.1) is 0 Å². The van der Waals surface area contributed by atoms with Gasteiger partial charge in [-0.2, -0.15) is 5.10 Å². The molecule has 4 aromatic rings. The highest BCUT2D eigenvalue weighted by Gasteiger charge is 2.37. The zero-order chi connectivity index (χ0) is 23.7. The third-order valence-corrected chi connectivity index (χ3v) is 5.52.